The number of nitrogens with zero attached hydrogens (tertiary/aromatic N) is 2. The first-order valence-electron chi connectivity index (χ1n) is 8.32. The SMILES string of the molecule is COc1ccc(Nc2ccc(C(=O)N(C)Cc3ccccc3)nc2)cc1. The maximum absolute atomic E-state index is 12.5. The van der Waals surface area contributed by atoms with Gasteiger partial charge in [0.15, 0.2) is 0 Å². The standard InChI is InChI=1S/C21H21N3O2/c1-24(15-16-6-4-3-5-7-16)21(25)20-13-10-18(14-22-20)23-17-8-11-19(26-2)12-9-17/h3-14,23H,15H2,1-2H3. The van der Waals surface area contributed by atoms with Crippen LogP contribution in [-0.2, 0) is 6.54 Å². The summed E-state index contributed by atoms with van der Waals surface area (Å²) in [5, 5.41) is 3.25. The minimum absolute atomic E-state index is 0.107. The Balaban J connectivity index is 1.63. The number of pyridine rings is 1. The number of rotatable bonds is 6. The van der Waals surface area contributed by atoms with E-state index in [2.05, 4.69) is 10.3 Å². The van der Waals surface area contributed by atoms with Crippen molar-refractivity contribution >= 4 is 17.3 Å². The molecule has 0 aliphatic heterocycles. The van der Waals surface area contributed by atoms with Crippen molar-refractivity contribution in [1.29, 1.82) is 0 Å². The summed E-state index contributed by atoms with van der Waals surface area (Å²) in [5.74, 6) is 0.695. The van der Waals surface area contributed by atoms with Crippen molar-refractivity contribution in [3.8, 4) is 5.75 Å². The number of nitrogens with one attached hydrogen (secondary N) is 1. The van der Waals surface area contributed by atoms with Crippen LogP contribution in [0.15, 0.2) is 72.9 Å². The van der Waals surface area contributed by atoms with E-state index in [4.69, 9.17) is 4.74 Å². The van der Waals surface area contributed by atoms with Gasteiger partial charge < -0.3 is 15.0 Å². The Labute approximate surface area is 153 Å². The highest BCUT2D eigenvalue weighted by molar-refractivity contribution is 5.92. The molecule has 5 heteroatoms. The lowest BCUT2D eigenvalue weighted by Crippen LogP contribution is -2.26. The maximum atomic E-state index is 12.5. The summed E-state index contributed by atoms with van der Waals surface area (Å²) in [6, 6.07) is 21.1. The summed E-state index contributed by atoms with van der Waals surface area (Å²) in [4.78, 5) is 18.5. The fourth-order valence-electron chi connectivity index (χ4n) is 2.56. The van der Waals surface area contributed by atoms with Gasteiger partial charge in [-0.15, -0.1) is 0 Å². The molecular weight excluding hydrogens is 326 g/mol. The van der Waals surface area contributed by atoms with Crippen LogP contribution < -0.4 is 10.1 Å². The van der Waals surface area contributed by atoms with Gasteiger partial charge in [-0.05, 0) is 42.0 Å². The van der Waals surface area contributed by atoms with Crippen molar-refractivity contribution in [2.45, 2.75) is 6.54 Å². The van der Waals surface area contributed by atoms with Gasteiger partial charge in [-0.1, -0.05) is 30.3 Å². The second-order valence-electron chi connectivity index (χ2n) is 5.93. The van der Waals surface area contributed by atoms with Gasteiger partial charge in [0, 0.05) is 19.3 Å². The molecule has 0 aliphatic rings. The molecule has 0 unspecified atom stereocenters. The number of hydrogen-bond acceptors (Lipinski definition) is 4. The summed E-state index contributed by atoms with van der Waals surface area (Å²) in [6.45, 7) is 0.549. The highest BCUT2D eigenvalue weighted by Gasteiger charge is 2.13. The summed E-state index contributed by atoms with van der Waals surface area (Å²) in [7, 11) is 3.41. The Bertz CT molecular complexity index is 847. The molecule has 3 rings (SSSR count). The Hall–Kier alpha value is -3.34. The number of anilines is 2. The van der Waals surface area contributed by atoms with Gasteiger partial charge in [-0.2, -0.15) is 0 Å². The van der Waals surface area contributed by atoms with Gasteiger partial charge >= 0.3 is 0 Å². The molecule has 1 aromatic heterocycles. The molecule has 1 heterocycles. The summed E-state index contributed by atoms with van der Waals surface area (Å²) in [6.07, 6.45) is 1.66. The molecule has 1 amide bonds. The number of ether oxygens (including phenoxy) is 1. The highest BCUT2D eigenvalue weighted by atomic mass is 16.5. The summed E-state index contributed by atoms with van der Waals surface area (Å²) < 4.78 is 5.14. The first-order valence-corrected chi connectivity index (χ1v) is 8.32. The van der Waals surface area contributed by atoms with E-state index in [1.165, 1.54) is 0 Å². The molecule has 0 radical (unpaired) electrons. The van der Waals surface area contributed by atoms with Gasteiger partial charge in [-0.25, -0.2) is 4.98 Å². The lowest BCUT2D eigenvalue weighted by molar-refractivity contribution is 0.0779. The highest BCUT2D eigenvalue weighted by Crippen LogP contribution is 2.19. The van der Waals surface area contributed by atoms with E-state index in [1.54, 1.807) is 31.3 Å². The number of hydrogen-bond donors (Lipinski definition) is 1. The van der Waals surface area contributed by atoms with E-state index in [-0.39, 0.29) is 5.91 Å². The third-order valence-electron chi connectivity index (χ3n) is 3.97. The molecule has 26 heavy (non-hydrogen) atoms. The number of carbonyl (C=O) groups excluding carboxylic acids is 1. The second-order valence-corrected chi connectivity index (χ2v) is 5.93. The molecule has 5 nitrogen and oxygen atoms in total. The zero-order valence-corrected chi connectivity index (χ0v) is 14.8. The quantitative estimate of drug-likeness (QED) is 0.729. The Morgan fingerprint density at radius 3 is 2.31 bits per heavy atom. The number of amides is 1. The first kappa shape index (κ1) is 17.5. The third kappa shape index (κ3) is 4.39. The van der Waals surface area contributed by atoms with Crippen molar-refractivity contribution in [1.82, 2.24) is 9.88 Å². The molecule has 3 aromatic rings. The molecule has 0 saturated carbocycles. The van der Waals surface area contributed by atoms with Crippen LogP contribution in [0.25, 0.3) is 0 Å². The van der Waals surface area contributed by atoms with Crippen molar-refractivity contribution in [2.24, 2.45) is 0 Å². The second kappa shape index (κ2) is 8.16. The summed E-state index contributed by atoms with van der Waals surface area (Å²) >= 11 is 0. The molecule has 0 atom stereocenters. The van der Waals surface area contributed by atoms with Gasteiger partial charge in [-0.3, -0.25) is 4.79 Å². The van der Waals surface area contributed by atoms with Crippen LogP contribution in [0.4, 0.5) is 11.4 Å². The zero-order chi connectivity index (χ0) is 18.4. The average molecular weight is 347 g/mol. The molecular formula is C21H21N3O2. The number of benzene rings is 2. The van der Waals surface area contributed by atoms with E-state index in [0.717, 1.165) is 22.7 Å². The molecule has 2 aromatic carbocycles. The topological polar surface area (TPSA) is 54.5 Å². The molecule has 0 fully saturated rings. The smallest absolute Gasteiger partial charge is 0.272 e. The number of carbonyl (C=O) groups is 1. The van der Waals surface area contributed by atoms with Gasteiger partial charge in [0.05, 0.1) is 19.0 Å². The van der Waals surface area contributed by atoms with Crippen molar-refractivity contribution < 1.29 is 9.53 Å². The van der Waals surface area contributed by atoms with Crippen LogP contribution in [0.2, 0.25) is 0 Å². The van der Waals surface area contributed by atoms with Crippen molar-refractivity contribution in [3.05, 3.63) is 84.2 Å². The van der Waals surface area contributed by atoms with Crippen LogP contribution in [0.3, 0.4) is 0 Å². The van der Waals surface area contributed by atoms with E-state index in [9.17, 15) is 4.79 Å². The number of aromatic nitrogens is 1. The minimum Gasteiger partial charge on any atom is -0.497 e. The van der Waals surface area contributed by atoms with Crippen LogP contribution in [-0.4, -0.2) is 29.9 Å². The largest absolute Gasteiger partial charge is 0.497 e. The van der Waals surface area contributed by atoms with Crippen LogP contribution >= 0.6 is 0 Å². The van der Waals surface area contributed by atoms with Gasteiger partial charge in [0.2, 0.25) is 0 Å². The van der Waals surface area contributed by atoms with E-state index in [1.807, 2.05) is 60.7 Å². The maximum Gasteiger partial charge on any atom is 0.272 e. The average Bonchev–Trinajstić information content (AvgIpc) is 2.69. The van der Waals surface area contributed by atoms with E-state index >= 15 is 0 Å². The predicted molar refractivity (Wildman–Crippen MR) is 103 cm³/mol. The number of methoxy groups -OCH3 is 1. The first-order chi connectivity index (χ1) is 12.7. The zero-order valence-electron chi connectivity index (χ0n) is 14.8. The van der Waals surface area contributed by atoms with Crippen molar-refractivity contribution in [2.75, 3.05) is 19.5 Å². The fraction of sp³-hybridized carbons (Fsp3) is 0.143. The van der Waals surface area contributed by atoms with Gasteiger partial charge in [0.25, 0.3) is 5.91 Å². The van der Waals surface area contributed by atoms with Crippen molar-refractivity contribution in [3.63, 3.8) is 0 Å². The molecule has 0 bridgehead atoms. The molecule has 0 spiro atoms. The van der Waals surface area contributed by atoms with Crippen LogP contribution in [0.5, 0.6) is 5.75 Å². The molecule has 0 saturated heterocycles. The van der Waals surface area contributed by atoms with Crippen LogP contribution in [0, 0.1) is 0 Å². The lowest BCUT2D eigenvalue weighted by Gasteiger charge is -2.17. The van der Waals surface area contributed by atoms with Gasteiger partial charge in [0.1, 0.15) is 11.4 Å². The Morgan fingerprint density at radius 2 is 1.69 bits per heavy atom. The van der Waals surface area contributed by atoms with E-state index in [0.29, 0.717) is 12.2 Å². The molecule has 0 aliphatic carbocycles. The monoisotopic (exact) mass is 347 g/mol. The normalized spacial score (nSPS) is 10.2. The third-order valence-corrected chi connectivity index (χ3v) is 3.97. The molecule has 132 valence electrons. The Morgan fingerprint density at radius 1 is 1.00 bits per heavy atom. The molecule has 1 N–H and O–H groups in total. The summed E-state index contributed by atoms with van der Waals surface area (Å²) in [5.41, 5.74) is 3.25. The van der Waals surface area contributed by atoms with Crippen LogP contribution in [0.1, 0.15) is 16.1 Å². The van der Waals surface area contributed by atoms with E-state index < -0.39 is 0 Å². The lowest BCUT2D eigenvalue weighted by atomic mass is 10.2. The predicted octanol–water partition coefficient (Wildman–Crippen LogP) is 4.11. The minimum atomic E-state index is -0.107. The Kier molecular flexibility index (Phi) is 5.49. The fourth-order valence-corrected chi connectivity index (χ4v) is 2.56.